The van der Waals surface area contributed by atoms with Crippen molar-refractivity contribution in [2.45, 2.75) is 31.0 Å². The summed E-state index contributed by atoms with van der Waals surface area (Å²) in [6.45, 7) is 5.25. The second kappa shape index (κ2) is 10.2. The number of pyridine rings is 1. The molecule has 200 valence electrons. The molecule has 2 atom stereocenters. The standard InChI is InChI=1S/C31H35N7O/c32-30-29-28(23-7-6-22-8-9-26(34-27(22)20-23)21-4-2-1-3-5-21)35-31(38(29)11-10-33-30)24-18-25(19-24)37-14-12-36(13-15-37)16-17-39/h1-11,20,24-25,28-29,39H,12-19H2,(H2,32,33). The molecule has 0 spiro atoms. The molecule has 4 aliphatic rings. The van der Waals surface area contributed by atoms with E-state index < -0.39 is 0 Å². The Morgan fingerprint density at radius 2 is 1.74 bits per heavy atom. The molecule has 0 bridgehead atoms. The molecule has 3 aromatic rings. The molecule has 2 aromatic carbocycles. The fourth-order valence-corrected chi connectivity index (χ4v) is 6.57. The van der Waals surface area contributed by atoms with Crippen LogP contribution in [0.5, 0.6) is 0 Å². The van der Waals surface area contributed by atoms with Gasteiger partial charge in [0.05, 0.1) is 17.8 Å². The number of β-amino-alcohol motifs (C(OH)–C–C–N with tert-alkyl or cyclic N) is 1. The molecule has 2 fully saturated rings. The summed E-state index contributed by atoms with van der Waals surface area (Å²) < 4.78 is 0. The summed E-state index contributed by atoms with van der Waals surface area (Å²) in [7, 11) is 0. The van der Waals surface area contributed by atoms with Gasteiger partial charge in [0.2, 0.25) is 0 Å². The quantitative estimate of drug-likeness (QED) is 0.517. The Labute approximate surface area is 229 Å². The van der Waals surface area contributed by atoms with Crippen LogP contribution in [0.2, 0.25) is 0 Å². The maximum atomic E-state index is 9.24. The first-order chi connectivity index (χ1) is 19.2. The number of nitrogens with zero attached hydrogens (tertiary/aromatic N) is 6. The fraction of sp³-hybridized carbons (Fsp3) is 0.387. The van der Waals surface area contributed by atoms with Gasteiger partial charge < -0.3 is 15.7 Å². The molecule has 7 rings (SSSR count). The van der Waals surface area contributed by atoms with Crippen LogP contribution in [0.4, 0.5) is 0 Å². The molecule has 4 heterocycles. The van der Waals surface area contributed by atoms with Crippen molar-refractivity contribution in [2.24, 2.45) is 21.6 Å². The maximum Gasteiger partial charge on any atom is 0.125 e. The Balaban J connectivity index is 1.13. The Morgan fingerprint density at radius 3 is 2.54 bits per heavy atom. The van der Waals surface area contributed by atoms with Crippen LogP contribution in [0.25, 0.3) is 22.2 Å². The smallest absolute Gasteiger partial charge is 0.125 e. The zero-order valence-electron chi connectivity index (χ0n) is 22.1. The van der Waals surface area contributed by atoms with Crippen molar-refractivity contribution in [3.8, 4) is 11.3 Å². The molecule has 1 aromatic heterocycles. The Morgan fingerprint density at radius 1 is 0.949 bits per heavy atom. The highest BCUT2D eigenvalue weighted by Gasteiger charge is 2.46. The average Bonchev–Trinajstić information content (AvgIpc) is 3.34. The van der Waals surface area contributed by atoms with Crippen molar-refractivity contribution in [1.29, 1.82) is 0 Å². The number of amidine groups is 2. The van der Waals surface area contributed by atoms with Crippen molar-refractivity contribution >= 4 is 22.6 Å². The minimum Gasteiger partial charge on any atom is -0.395 e. The summed E-state index contributed by atoms with van der Waals surface area (Å²) in [6, 6.07) is 21.4. The predicted octanol–water partition coefficient (Wildman–Crippen LogP) is 3.26. The molecule has 8 nitrogen and oxygen atoms in total. The number of hydrogen-bond donors (Lipinski definition) is 2. The Bertz CT molecular complexity index is 1440. The number of piperazine rings is 1. The molecule has 1 saturated heterocycles. The molecule has 39 heavy (non-hydrogen) atoms. The van der Waals surface area contributed by atoms with E-state index in [1.54, 1.807) is 6.20 Å². The minimum absolute atomic E-state index is 0.0965. The van der Waals surface area contributed by atoms with Crippen LogP contribution >= 0.6 is 0 Å². The number of hydrogen-bond acceptors (Lipinski definition) is 8. The van der Waals surface area contributed by atoms with Gasteiger partial charge >= 0.3 is 0 Å². The van der Waals surface area contributed by atoms with Crippen LogP contribution in [-0.2, 0) is 0 Å². The van der Waals surface area contributed by atoms with Crippen LogP contribution in [0.3, 0.4) is 0 Å². The van der Waals surface area contributed by atoms with Crippen molar-refractivity contribution < 1.29 is 5.11 Å². The number of nitrogens with two attached hydrogens (primary N) is 1. The number of rotatable bonds is 6. The van der Waals surface area contributed by atoms with E-state index in [1.165, 1.54) is 0 Å². The van der Waals surface area contributed by atoms with Crippen LogP contribution in [0.1, 0.15) is 24.4 Å². The molecular weight excluding hydrogens is 486 g/mol. The van der Waals surface area contributed by atoms with Crippen LogP contribution in [-0.4, -0.2) is 87.9 Å². The van der Waals surface area contributed by atoms with Gasteiger partial charge in [-0.2, -0.15) is 0 Å². The summed E-state index contributed by atoms with van der Waals surface area (Å²) in [4.78, 5) is 22.0. The largest absolute Gasteiger partial charge is 0.395 e. The van der Waals surface area contributed by atoms with Gasteiger partial charge in [0.15, 0.2) is 0 Å². The van der Waals surface area contributed by atoms with Crippen molar-refractivity contribution in [3.63, 3.8) is 0 Å². The molecule has 3 aliphatic heterocycles. The lowest BCUT2D eigenvalue weighted by molar-refractivity contribution is 0.0417. The van der Waals surface area contributed by atoms with E-state index in [1.807, 2.05) is 24.4 Å². The van der Waals surface area contributed by atoms with Gasteiger partial charge in [-0.3, -0.25) is 14.8 Å². The highest BCUT2D eigenvalue weighted by atomic mass is 16.3. The highest BCUT2D eigenvalue weighted by Crippen LogP contribution is 2.42. The van der Waals surface area contributed by atoms with E-state index in [4.69, 9.17) is 15.7 Å². The van der Waals surface area contributed by atoms with Crippen molar-refractivity contribution in [1.82, 2.24) is 19.7 Å². The summed E-state index contributed by atoms with van der Waals surface area (Å²) >= 11 is 0. The van der Waals surface area contributed by atoms with Crippen molar-refractivity contribution in [2.75, 3.05) is 39.3 Å². The van der Waals surface area contributed by atoms with E-state index in [-0.39, 0.29) is 18.7 Å². The van der Waals surface area contributed by atoms with E-state index >= 15 is 0 Å². The van der Waals surface area contributed by atoms with Crippen LogP contribution in [0.15, 0.2) is 83.0 Å². The summed E-state index contributed by atoms with van der Waals surface area (Å²) in [5.41, 5.74) is 10.7. The Kier molecular flexibility index (Phi) is 6.39. The van der Waals surface area contributed by atoms with Gasteiger partial charge in [0, 0.05) is 68.0 Å². The monoisotopic (exact) mass is 521 g/mol. The third-order valence-corrected chi connectivity index (χ3v) is 8.83. The molecule has 0 amide bonds. The fourth-order valence-electron chi connectivity index (χ4n) is 6.57. The first kappa shape index (κ1) is 24.5. The summed E-state index contributed by atoms with van der Waals surface area (Å²) in [6.07, 6.45) is 6.10. The van der Waals surface area contributed by atoms with E-state index in [2.05, 4.69) is 62.2 Å². The number of benzene rings is 2. The lowest BCUT2D eigenvalue weighted by atomic mass is 9.77. The van der Waals surface area contributed by atoms with E-state index in [0.29, 0.717) is 17.8 Å². The van der Waals surface area contributed by atoms with Gasteiger partial charge in [-0.15, -0.1) is 0 Å². The van der Waals surface area contributed by atoms with Gasteiger partial charge in [-0.05, 0) is 30.5 Å². The first-order valence-electron chi connectivity index (χ1n) is 14.1. The van der Waals surface area contributed by atoms with Gasteiger partial charge in [0.25, 0.3) is 0 Å². The third kappa shape index (κ3) is 4.52. The Hall–Kier alpha value is -3.59. The van der Waals surface area contributed by atoms with Crippen molar-refractivity contribution in [3.05, 3.63) is 78.6 Å². The topological polar surface area (TPSA) is 93.6 Å². The average molecular weight is 522 g/mol. The number of fused-ring (bicyclic) bond motifs is 2. The summed E-state index contributed by atoms with van der Waals surface area (Å²) in [5, 5.41) is 10.4. The predicted molar refractivity (Wildman–Crippen MR) is 155 cm³/mol. The number of aliphatic hydroxyl groups excluding tert-OH is 1. The minimum atomic E-state index is -0.110. The molecular formula is C31H35N7O. The molecule has 1 saturated carbocycles. The van der Waals surface area contributed by atoms with Crippen LogP contribution < -0.4 is 5.73 Å². The van der Waals surface area contributed by atoms with Gasteiger partial charge in [-0.1, -0.05) is 48.5 Å². The molecule has 3 N–H and O–H groups in total. The first-order valence-corrected chi connectivity index (χ1v) is 14.1. The zero-order chi connectivity index (χ0) is 26.3. The van der Waals surface area contributed by atoms with Gasteiger partial charge in [0.1, 0.15) is 23.8 Å². The van der Waals surface area contributed by atoms with Gasteiger partial charge in [-0.25, -0.2) is 9.98 Å². The maximum absolute atomic E-state index is 9.24. The van der Waals surface area contributed by atoms with E-state index in [0.717, 1.165) is 79.1 Å². The molecule has 1 aliphatic carbocycles. The number of aliphatic imine (C=N–C) groups is 2. The van der Waals surface area contributed by atoms with E-state index in [9.17, 15) is 5.11 Å². The third-order valence-electron chi connectivity index (χ3n) is 8.83. The normalized spacial score (nSPS) is 27.3. The number of aromatic nitrogens is 1. The molecule has 2 unspecified atom stereocenters. The van der Waals surface area contributed by atoms with Crippen LogP contribution in [0, 0.1) is 5.92 Å². The molecule has 0 radical (unpaired) electrons. The summed E-state index contributed by atoms with van der Waals surface area (Å²) in [5.74, 6) is 2.18. The molecule has 8 heteroatoms. The second-order valence-corrected chi connectivity index (χ2v) is 11.1. The lowest BCUT2D eigenvalue weighted by Crippen LogP contribution is -2.56. The zero-order valence-corrected chi connectivity index (χ0v) is 22.1. The SMILES string of the molecule is NC1=NC=CN2C(C3CC(N4CCN(CCO)CC4)C3)=NC(c3ccc4ccc(-c5ccccc5)nc4c3)C12. The highest BCUT2D eigenvalue weighted by molar-refractivity contribution is 5.99. The second-order valence-electron chi connectivity index (χ2n) is 11.1. The lowest BCUT2D eigenvalue weighted by Gasteiger charge is -2.47. The number of aliphatic hydroxyl groups is 1.